The van der Waals surface area contributed by atoms with Crippen LogP contribution in [0.25, 0.3) is 0 Å². The summed E-state index contributed by atoms with van der Waals surface area (Å²) in [5.74, 6) is 1.44. The highest BCUT2D eigenvalue weighted by Crippen LogP contribution is 2.22. The molecule has 0 saturated carbocycles. The lowest BCUT2D eigenvalue weighted by atomic mass is 10.1. The van der Waals surface area contributed by atoms with E-state index in [1.54, 1.807) is 6.26 Å². The Kier molecular flexibility index (Phi) is 2.72. The summed E-state index contributed by atoms with van der Waals surface area (Å²) in [6, 6.07) is 3.98. The molecule has 2 aliphatic rings. The van der Waals surface area contributed by atoms with Crippen molar-refractivity contribution in [1.82, 2.24) is 10.2 Å². The summed E-state index contributed by atoms with van der Waals surface area (Å²) >= 11 is 0. The third-order valence-electron chi connectivity index (χ3n) is 3.54. The van der Waals surface area contributed by atoms with Crippen LogP contribution in [0.4, 0.5) is 0 Å². The molecule has 1 aromatic rings. The molecule has 1 aromatic heterocycles. The molecule has 3 heterocycles. The van der Waals surface area contributed by atoms with Crippen molar-refractivity contribution in [3.05, 3.63) is 24.2 Å². The number of sulfone groups is 1. The average Bonchev–Trinajstić information content (AvgIpc) is 2.84. The van der Waals surface area contributed by atoms with Crippen LogP contribution in [0.3, 0.4) is 0 Å². The Morgan fingerprint density at radius 1 is 1.47 bits per heavy atom. The van der Waals surface area contributed by atoms with Gasteiger partial charge in [0.15, 0.2) is 9.84 Å². The average molecular weight is 256 g/mol. The molecule has 0 aliphatic carbocycles. The van der Waals surface area contributed by atoms with Gasteiger partial charge in [0.25, 0.3) is 0 Å². The molecule has 2 fully saturated rings. The largest absolute Gasteiger partial charge is 0.468 e. The van der Waals surface area contributed by atoms with Gasteiger partial charge in [0.1, 0.15) is 5.76 Å². The van der Waals surface area contributed by atoms with E-state index in [-0.39, 0.29) is 23.6 Å². The molecule has 0 aromatic carbocycles. The molecule has 3 rings (SSSR count). The van der Waals surface area contributed by atoms with Crippen molar-refractivity contribution in [2.75, 3.05) is 24.6 Å². The summed E-state index contributed by atoms with van der Waals surface area (Å²) in [5, 5.41) is 3.29. The van der Waals surface area contributed by atoms with E-state index in [0.717, 1.165) is 18.8 Å². The van der Waals surface area contributed by atoms with Crippen LogP contribution in [0, 0.1) is 0 Å². The first kappa shape index (κ1) is 11.3. The minimum absolute atomic E-state index is 0.0868. The summed E-state index contributed by atoms with van der Waals surface area (Å²) in [6.45, 7) is 2.42. The van der Waals surface area contributed by atoms with E-state index in [4.69, 9.17) is 4.42 Å². The molecule has 17 heavy (non-hydrogen) atoms. The van der Waals surface area contributed by atoms with Crippen LogP contribution in [0.1, 0.15) is 5.76 Å². The quantitative estimate of drug-likeness (QED) is 0.797. The molecule has 6 heteroatoms. The molecule has 2 saturated heterocycles. The maximum absolute atomic E-state index is 11.7. The van der Waals surface area contributed by atoms with E-state index < -0.39 is 9.84 Å². The number of nitrogens with one attached hydrogen (secondary N) is 1. The Morgan fingerprint density at radius 3 is 3.12 bits per heavy atom. The summed E-state index contributed by atoms with van der Waals surface area (Å²) in [5.41, 5.74) is 0. The molecule has 2 aliphatic heterocycles. The van der Waals surface area contributed by atoms with Crippen molar-refractivity contribution in [3.8, 4) is 0 Å². The number of furan rings is 1. The lowest BCUT2D eigenvalue weighted by Gasteiger charge is -2.36. The zero-order valence-electron chi connectivity index (χ0n) is 9.50. The van der Waals surface area contributed by atoms with E-state index in [1.807, 2.05) is 12.1 Å². The monoisotopic (exact) mass is 256 g/mol. The lowest BCUT2D eigenvalue weighted by Crippen LogP contribution is -2.56. The fourth-order valence-electron chi connectivity index (χ4n) is 2.74. The molecule has 0 spiro atoms. The number of piperazine rings is 1. The van der Waals surface area contributed by atoms with Crippen molar-refractivity contribution >= 4 is 9.84 Å². The summed E-state index contributed by atoms with van der Waals surface area (Å²) in [7, 11) is -2.88. The van der Waals surface area contributed by atoms with Crippen molar-refractivity contribution < 1.29 is 12.8 Å². The van der Waals surface area contributed by atoms with E-state index in [1.165, 1.54) is 0 Å². The standard InChI is InChI=1S/C11H16N2O3S/c14-17(15)7-10-11(8-17)13(4-3-12-10)6-9-2-1-5-16-9/h1-2,5,10-12H,3-4,6-8H2/t10-,11+/m0/s1. The Bertz CT molecular complexity index is 483. The fraction of sp³-hybridized carbons (Fsp3) is 0.636. The van der Waals surface area contributed by atoms with Crippen molar-refractivity contribution in [2.24, 2.45) is 0 Å². The van der Waals surface area contributed by atoms with Crippen LogP contribution in [0.2, 0.25) is 0 Å². The Hall–Kier alpha value is -0.850. The van der Waals surface area contributed by atoms with Gasteiger partial charge in [-0.15, -0.1) is 0 Å². The van der Waals surface area contributed by atoms with Gasteiger partial charge in [-0.3, -0.25) is 4.90 Å². The molecule has 2 atom stereocenters. The maximum Gasteiger partial charge on any atom is 0.153 e. The fourth-order valence-corrected chi connectivity index (χ4v) is 4.73. The zero-order chi connectivity index (χ0) is 11.9. The first-order valence-electron chi connectivity index (χ1n) is 5.84. The van der Waals surface area contributed by atoms with Crippen LogP contribution in [-0.4, -0.2) is 50.0 Å². The number of hydrogen-bond acceptors (Lipinski definition) is 5. The third-order valence-corrected chi connectivity index (χ3v) is 5.25. The van der Waals surface area contributed by atoms with Crippen molar-refractivity contribution in [3.63, 3.8) is 0 Å². The molecule has 94 valence electrons. The maximum atomic E-state index is 11.7. The lowest BCUT2D eigenvalue weighted by molar-refractivity contribution is 0.131. The molecule has 0 amide bonds. The second-order valence-corrected chi connectivity index (χ2v) is 6.91. The van der Waals surface area contributed by atoms with Gasteiger partial charge in [-0.25, -0.2) is 8.42 Å². The Labute approximate surface area is 101 Å². The van der Waals surface area contributed by atoms with Gasteiger partial charge in [-0.2, -0.15) is 0 Å². The van der Waals surface area contributed by atoms with Gasteiger partial charge in [0.05, 0.1) is 24.3 Å². The molecule has 0 unspecified atom stereocenters. The van der Waals surface area contributed by atoms with Crippen molar-refractivity contribution in [2.45, 2.75) is 18.6 Å². The number of nitrogens with zero attached hydrogens (tertiary/aromatic N) is 1. The van der Waals surface area contributed by atoms with Gasteiger partial charge >= 0.3 is 0 Å². The first-order valence-corrected chi connectivity index (χ1v) is 7.66. The predicted molar refractivity (Wildman–Crippen MR) is 63.4 cm³/mol. The summed E-state index contributed by atoms with van der Waals surface area (Å²) in [4.78, 5) is 2.21. The number of rotatable bonds is 2. The van der Waals surface area contributed by atoms with Gasteiger partial charge in [0, 0.05) is 25.2 Å². The second kappa shape index (κ2) is 4.12. The van der Waals surface area contributed by atoms with Gasteiger partial charge in [-0.1, -0.05) is 0 Å². The molecule has 1 N–H and O–H groups in total. The predicted octanol–water partition coefficient (Wildman–Crippen LogP) is -0.150. The van der Waals surface area contributed by atoms with Gasteiger partial charge < -0.3 is 9.73 Å². The number of fused-ring (bicyclic) bond motifs is 1. The van der Waals surface area contributed by atoms with E-state index in [2.05, 4.69) is 10.2 Å². The summed E-state index contributed by atoms with van der Waals surface area (Å²) < 4.78 is 28.6. The third kappa shape index (κ3) is 2.25. The van der Waals surface area contributed by atoms with E-state index >= 15 is 0 Å². The minimum atomic E-state index is -2.88. The normalized spacial score (nSPS) is 32.5. The van der Waals surface area contributed by atoms with Gasteiger partial charge in [-0.05, 0) is 12.1 Å². The topological polar surface area (TPSA) is 62.6 Å². The van der Waals surface area contributed by atoms with Crippen LogP contribution >= 0.6 is 0 Å². The second-order valence-electron chi connectivity index (χ2n) is 4.75. The van der Waals surface area contributed by atoms with Crippen molar-refractivity contribution in [1.29, 1.82) is 0 Å². The Balaban J connectivity index is 1.77. The molecule has 0 radical (unpaired) electrons. The molecule has 5 nitrogen and oxygen atoms in total. The van der Waals surface area contributed by atoms with Crippen LogP contribution in [0.5, 0.6) is 0 Å². The number of hydrogen-bond donors (Lipinski definition) is 1. The van der Waals surface area contributed by atoms with E-state index in [9.17, 15) is 8.42 Å². The van der Waals surface area contributed by atoms with Crippen LogP contribution in [-0.2, 0) is 16.4 Å². The highest BCUT2D eigenvalue weighted by atomic mass is 32.2. The highest BCUT2D eigenvalue weighted by molar-refractivity contribution is 7.91. The first-order chi connectivity index (χ1) is 8.14. The minimum Gasteiger partial charge on any atom is -0.468 e. The van der Waals surface area contributed by atoms with Crippen LogP contribution in [0.15, 0.2) is 22.8 Å². The van der Waals surface area contributed by atoms with Gasteiger partial charge in [0.2, 0.25) is 0 Å². The zero-order valence-corrected chi connectivity index (χ0v) is 10.3. The molecule has 0 bridgehead atoms. The Morgan fingerprint density at radius 2 is 2.35 bits per heavy atom. The molecular weight excluding hydrogens is 240 g/mol. The van der Waals surface area contributed by atoms with Crippen LogP contribution < -0.4 is 5.32 Å². The summed E-state index contributed by atoms with van der Waals surface area (Å²) in [6.07, 6.45) is 1.65. The SMILES string of the molecule is O=S1(=O)C[C@@H]2NCCN(Cc3ccco3)[C@@H]2C1. The smallest absolute Gasteiger partial charge is 0.153 e. The molecular formula is C11H16N2O3S. The van der Waals surface area contributed by atoms with E-state index in [0.29, 0.717) is 6.54 Å². The highest BCUT2D eigenvalue weighted by Gasteiger charge is 2.42.